The molecule has 6 nitrogen and oxygen atoms in total. The number of nitrogens with one attached hydrogen (secondary N) is 1. The van der Waals surface area contributed by atoms with Gasteiger partial charge in [0, 0.05) is 0 Å². The van der Waals surface area contributed by atoms with Gasteiger partial charge in [0.1, 0.15) is 17.5 Å². The van der Waals surface area contributed by atoms with Crippen LogP contribution in [0.5, 0.6) is 0 Å². The summed E-state index contributed by atoms with van der Waals surface area (Å²) < 4.78 is 5.98. The molecular formula is C28H24N2O4S. The number of hydrogen-bond acceptors (Lipinski definition) is 5. The highest BCUT2D eigenvalue weighted by Crippen LogP contribution is 2.38. The Morgan fingerprint density at radius 1 is 0.886 bits per heavy atom. The number of benzene rings is 3. The molecule has 0 aromatic heterocycles. The summed E-state index contributed by atoms with van der Waals surface area (Å²) in [6, 6.07) is 26.9. The molecule has 0 unspecified atom stereocenters. The number of thioether (sulfide) groups is 1. The van der Waals surface area contributed by atoms with E-state index in [9.17, 15) is 14.4 Å². The van der Waals surface area contributed by atoms with Gasteiger partial charge in [0.15, 0.2) is 6.10 Å². The number of amides is 2. The van der Waals surface area contributed by atoms with E-state index < -0.39 is 24.2 Å². The number of hydrogen-bond donors (Lipinski definition) is 1. The molecule has 3 aromatic rings. The molecule has 1 saturated heterocycles. The monoisotopic (exact) mass is 484 g/mol. The van der Waals surface area contributed by atoms with Crippen molar-refractivity contribution in [3.63, 3.8) is 0 Å². The molecule has 0 aliphatic carbocycles. The number of β-lactam (4-membered cyclic amide) rings is 1. The molecule has 3 atom stereocenters. The molecule has 176 valence electrons. The fourth-order valence-electron chi connectivity index (χ4n) is 4.32. The maximum Gasteiger partial charge on any atom is 0.333 e. The van der Waals surface area contributed by atoms with Crippen LogP contribution in [0, 0.1) is 0 Å². The van der Waals surface area contributed by atoms with Crippen LogP contribution in [0.25, 0.3) is 0 Å². The van der Waals surface area contributed by atoms with Crippen molar-refractivity contribution < 1.29 is 19.1 Å². The second kappa shape index (κ2) is 10.2. The summed E-state index contributed by atoms with van der Waals surface area (Å²) in [5, 5.41) is 4.28. The molecule has 3 aromatic carbocycles. The molecule has 1 fully saturated rings. The zero-order valence-electron chi connectivity index (χ0n) is 18.8. The Labute approximate surface area is 208 Å². The van der Waals surface area contributed by atoms with Crippen molar-refractivity contribution >= 4 is 29.5 Å². The van der Waals surface area contributed by atoms with Crippen LogP contribution in [-0.2, 0) is 25.5 Å². The van der Waals surface area contributed by atoms with E-state index >= 15 is 0 Å². The van der Waals surface area contributed by atoms with Gasteiger partial charge in [-0.1, -0.05) is 91.0 Å². The third kappa shape index (κ3) is 4.86. The van der Waals surface area contributed by atoms with Crippen molar-refractivity contribution in [2.45, 2.75) is 30.0 Å². The predicted octanol–water partition coefficient (Wildman–Crippen LogP) is 3.84. The fraction of sp³-hybridized carbons (Fsp3) is 0.179. The van der Waals surface area contributed by atoms with Crippen LogP contribution in [0.15, 0.2) is 102 Å². The van der Waals surface area contributed by atoms with Gasteiger partial charge in [-0.05, 0) is 28.2 Å². The number of nitrogens with zero attached hydrogens (tertiary/aromatic N) is 1. The van der Waals surface area contributed by atoms with E-state index in [1.165, 1.54) is 16.7 Å². The molecule has 0 saturated carbocycles. The van der Waals surface area contributed by atoms with Crippen molar-refractivity contribution in [1.29, 1.82) is 0 Å². The van der Waals surface area contributed by atoms with E-state index in [4.69, 9.17) is 4.74 Å². The van der Waals surface area contributed by atoms with Crippen molar-refractivity contribution in [3.05, 3.63) is 119 Å². The molecule has 2 amide bonds. The van der Waals surface area contributed by atoms with E-state index in [0.717, 1.165) is 16.7 Å². The van der Waals surface area contributed by atoms with E-state index in [-0.39, 0.29) is 23.6 Å². The third-order valence-corrected chi connectivity index (χ3v) is 7.15. The standard InChI is InChI=1S/C28H24N2O4S/c31-23(18-19-10-4-1-5-11-19)29-24-26(32)30-22(16-17-35-27(24)30)28(33)34-25(20-12-6-2-7-13-20)21-14-8-3-9-15-21/h1-17,22,24-25,27H,18H2,(H,29,31)/t22-,24-,27-/m1/s1. The summed E-state index contributed by atoms with van der Waals surface area (Å²) in [4.78, 5) is 40.3. The Balaban J connectivity index is 1.28. The van der Waals surface area contributed by atoms with Crippen LogP contribution in [0.1, 0.15) is 22.8 Å². The van der Waals surface area contributed by atoms with Crippen molar-refractivity contribution in [3.8, 4) is 0 Å². The zero-order valence-corrected chi connectivity index (χ0v) is 19.6. The maximum absolute atomic E-state index is 13.3. The fourth-order valence-corrected chi connectivity index (χ4v) is 5.43. The van der Waals surface area contributed by atoms with Gasteiger partial charge in [0.2, 0.25) is 11.8 Å². The molecule has 0 radical (unpaired) electrons. The lowest BCUT2D eigenvalue weighted by atomic mass is 10.00. The van der Waals surface area contributed by atoms with E-state index in [0.29, 0.717) is 0 Å². The zero-order chi connectivity index (χ0) is 24.2. The molecule has 35 heavy (non-hydrogen) atoms. The highest BCUT2D eigenvalue weighted by Gasteiger charge is 2.54. The first kappa shape index (κ1) is 22.9. The van der Waals surface area contributed by atoms with Crippen LogP contribution in [0.2, 0.25) is 0 Å². The summed E-state index contributed by atoms with van der Waals surface area (Å²) in [6.45, 7) is 0. The number of carbonyl (C=O) groups excluding carboxylic acids is 3. The van der Waals surface area contributed by atoms with Gasteiger partial charge < -0.3 is 15.0 Å². The quantitative estimate of drug-likeness (QED) is 0.407. The number of ether oxygens (including phenoxy) is 1. The molecule has 0 spiro atoms. The van der Waals surface area contributed by atoms with Crippen LogP contribution >= 0.6 is 11.8 Å². The second-order valence-electron chi connectivity index (χ2n) is 8.39. The third-order valence-electron chi connectivity index (χ3n) is 6.06. The van der Waals surface area contributed by atoms with Gasteiger partial charge in [-0.25, -0.2) is 4.79 Å². The lowest BCUT2D eigenvalue weighted by Gasteiger charge is -2.50. The van der Waals surface area contributed by atoms with Gasteiger partial charge in [0.05, 0.1) is 6.42 Å². The molecular weight excluding hydrogens is 460 g/mol. The highest BCUT2D eigenvalue weighted by molar-refractivity contribution is 8.02. The molecule has 2 aliphatic rings. The maximum atomic E-state index is 13.3. The van der Waals surface area contributed by atoms with Crippen molar-refractivity contribution in [1.82, 2.24) is 10.2 Å². The van der Waals surface area contributed by atoms with E-state index in [1.807, 2.05) is 91.0 Å². The van der Waals surface area contributed by atoms with Crippen LogP contribution in [0.4, 0.5) is 0 Å². The lowest BCUT2D eigenvalue weighted by molar-refractivity contribution is -0.164. The lowest BCUT2D eigenvalue weighted by Crippen LogP contribution is -2.73. The second-order valence-corrected chi connectivity index (χ2v) is 9.42. The normalized spacial score (nSPS) is 20.7. The van der Waals surface area contributed by atoms with Gasteiger partial charge in [-0.15, -0.1) is 11.8 Å². The smallest absolute Gasteiger partial charge is 0.333 e. The number of esters is 1. The number of carbonyl (C=O) groups is 3. The van der Waals surface area contributed by atoms with Crippen molar-refractivity contribution in [2.75, 3.05) is 0 Å². The van der Waals surface area contributed by atoms with Gasteiger partial charge in [0.25, 0.3) is 0 Å². The largest absolute Gasteiger partial charge is 0.451 e. The minimum absolute atomic E-state index is 0.194. The molecule has 7 heteroatoms. The molecule has 0 bridgehead atoms. The summed E-state index contributed by atoms with van der Waals surface area (Å²) >= 11 is 1.41. The average Bonchev–Trinajstić information content (AvgIpc) is 2.91. The summed E-state index contributed by atoms with van der Waals surface area (Å²) in [5.74, 6) is -1.02. The average molecular weight is 485 g/mol. The van der Waals surface area contributed by atoms with Gasteiger partial charge in [-0.3, -0.25) is 9.59 Å². The Morgan fingerprint density at radius 2 is 1.46 bits per heavy atom. The van der Waals surface area contributed by atoms with Gasteiger partial charge >= 0.3 is 5.97 Å². The summed E-state index contributed by atoms with van der Waals surface area (Å²) in [5.41, 5.74) is 2.57. The number of fused-ring (bicyclic) bond motifs is 1. The Bertz CT molecular complexity index is 1190. The van der Waals surface area contributed by atoms with Crippen molar-refractivity contribution in [2.24, 2.45) is 0 Å². The van der Waals surface area contributed by atoms with Crippen LogP contribution in [-0.4, -0.2) is 40.1 Å². The first-order valence-corrected chi connectivity index (χ1v) is 12.3. The van der Waals surface area contributed by atoms with Crippen LogP contribution in [0.3, 0.4) is 0 Å². The van der Waals surface area contributed by atoms with Gasteiger partial charge in [-0.2, -0.15) is 0 Å². The molecule has 2 aliphatic heterocycles. The highest BCUT2D eigenvalue weighted by atomic mass is 32.2. The Morgan fingerprint density at radius 3 is 2.06 bits per heavy atom. The summed E-state index contributed by atoms with van der Waals surface area (Å²) in [7, 11) is 0. The van der Waals surface area contributed by atoms with E-state index in [1.54, 1.807) is 11.5 Å². The predicted molar refractivity (Wildman–Crippen MR) is 134 cm³/mol. The van der Waals surface area contributed by atoms with E-state index in [2.05, 4.69) is 5.32 Å². The SMILES string of the molecule is O=C(Cc1ccccc1)N[C@@H]1C(=O)N2[C@@H](C(=O)OC(c3ccccc3)c3ccccc3)C=CS[C@H]12. The number of rotatable bonds is 7. The molecule has 1 N–H and O–H groups in total. The summed E-state index contributed by atoms with van der Waals surface area (Å²) in [6.07, 6.45) is 1.28. The molecule has 5 rings (SSSR count). The molecule has 2 heterocycles. The van der Waals surface area contributed by atoms with Crippen LogP contribution < -0.4 is 5.32 Å². The Kier molecular flexibility index (Phi) is 6.68. The topological polar surface area (TPSA) is 75.7 Å². The Hall–Kier alpha value is -3.84. The minimum atomic E-state index is -0.842. The first-order chi connectivity index (χ1) is 17.1. The first-order valence-electron chi connectivity index (χ1n) is 11.4. The minimum Gasteiger partial charge on any atom is -0.451 e.